The van der Waals surface area contributed by atoms with E-state index in [0.717, 1.165) is 0 Å². The third-order valence-electron chi connectivity index (χ3n) is 0.192. The molecule has 0 aliphatic carbocycles. The molecule has 0 saturated heterocycles. The summed E-state index contributed by atoms with van der Waals surface area (Å²) in [5, 5.41) is 0. The third kappa shape index (κ3) is 59.2. The van der Waals surface area contributed by atoms with E-state index in [9.17, 15) is 0 Å². The first-order valence-corrected chi connectivity index (χ1v) is 3.15. The van der Waals surface area contributed by atoms with Crippen LogP contribution in [0.15, 0.2) is 10.2 Å². The van der Waals surface area contributed by atoms with E-state index in [0.29, 0.717) is 0 Å². The van der Waals surface area contributed by atoms with Gasteiger partial charge in [0.1, 0.15) is 0 Å². The zero-order valence-electron chi connectivity index (χ0n) is 3.18. The Balaban J connectivity index is -0.00000000750. The van der Waals surface area contributed by atoms with Crippen molar-refractivity contribution < 1.29 is 18.6 Å². The molecule has 0 N–H and O–H groups in total. The smallest absolute Gasteiger partial charge is 0 e. The Bertz CT molecular complexity index is 23.7. The van der Waals surface area contributed by atoms with Gasteiger partial charge in [-0.1, -0.05) is 22.3 Å². The van der Waals surface area contributed by atoms with Crippen LogP contribution in [0.2, 0.25) is 0 Å². The minimum absolute atomic E-state index is 0. The van der Waals surface area contributed by atoms with Gasteiger partial charge < -0.3 is 0 Å². The molecule has 2 heteroatoms. The molecule has 0 aliphatic heterocycles. The fraction of sp³-hybridized carbons (Fsp3) is 0.667. The van der Waals surface area contributed by atoms with Gasteiger partial charge in [-0.2, -0.15) is 0 Å². The van der Waals surface area contributed by atoms with E-state index >= 15 is 0 Å². The molecule has 0 aromatic rings. The maximum Gasteiger partial charge on any atom is 0 e. The average Bonchev–Trinajstić information content (AvgIpc) is 1.37. The first kappa shape index (κ1) is 35.4. The molecule has 0 atom stereocenters. The van der Waals surface area contributed by atoms with E-state index in [1.54, 1.807) is 0 Å². The number of rotatable bonds is 0. The number of hydrogen-bond acceptors (Lipinski definition) is 0. The van der Waals surface area contributed by atoms with Gasteiger partial charge in [0.05, 0.1) is 0 Å². The van der Waals surface area contributed by atoms with Crippen LogP contribution in [0.4, 0.5) is 0 Å². The fourth-order valence-electron chi connectivity index (χ4n) is 0. The summed E-state index contributed by atoms with van der Waals surface area (Å²) in [6.45, 7) is 2.03. The normalized spacial score (nSPS) is 4.75. The maximum atomic E-state index is 2.13. The van der Waals surface area contributed by atoms with Gasteiger partial charge in [-0.15, -0.1) is 0 Å². The first-order chi connectivity index (χ1) is 1.91. The molecular formula is C6H18SnV. The van der Waals surface area contributed by atoms with E-state index in [1.807, 2.05) is 6.92 Å². The van der Waals surface area contributed by atoms with Gasteiger partial charge in [0, 0.05) is 18.6 Å². The second-order valence-electron chi connectivity index (χ2n) is 0.526. The van der Waals surface area contributed by atoms with Crippen molar-refractivity contribution in [3.63, 3.8) is 0 Å². The summed E-state index contributed by atoms with van der Waals surface area (Å²) < 4.78 is 2.13. The molecule has 0 saturated carbocycles. The van der Waals surface area contributed by atoms with Gasteiger partial charge in [-0.05, 0) is 0 Å². The zero-order valence-corrected chi connectivity index (χ0v) is 7.87. The molecule has 0 rings (SSSR count). The fourth-order valence-corrected chi connectivity index (χ4v) is 0. The molecule has 3 radical (unpaired) electrons. The summed E-state index contributed by atoms with van der Waals surface area (Å²) in [5.74, 6) is 0. The van der Waals surface area contributed by atoms with Gasteiger partial charge in [0.25, 0.3) is 0 Å². The van der Waals surface area contributed by atoms with Crippen molar-refractivity contribution in [2.24, 2.45) is 0 Å². The van der Waals surface area contributed by atoms with Gasteiger partial charge in [0.15, 0.2) is 0 Å². The summed E-state index contributed by atoms with van der Waals surface area (Å²) in [6.07, 6.45) is 2.06. The molecule has 0 amide bonds. The molecule has 0 heterocycles. The molecule has 0 aromatic carbocycles. The van der Waals surface area contributed by atoms with Crippen LogP contribution < -0.4 is 0 Å². The van der Waals surface area contributed by atoms with E-state index in [4.69, 9.17) is 0 Å². The Labute approximate surface area is 80.1 Å². The Hall–Kier alpha value is 1.12. The molecule has 0 aliphatic rings. The summed E-state index contributed by atoms with van der Waals surface area (Å²) in [5.41, 5.74) is 0. The first-order valence-electron chi connectivity index (χ1n) is 1.24. The molecule has 0 spiro atoms. The van der Waals surface area contributed by atoms with Crippen LogP contribution in [0.5, 0.6) is 0 Å². The van der Waals surface area contributed by atoms with E-state index in [-0.39, 0.29) is 40.8 Å². The summed E-state index contributed by atoms with van der Waals surface area (Å²) >= 11 is 1.26. The molecule has 0 bridgehead atoms. The van der Waals surface area contributed by atoms with Crippen LogP contribution >= 0.6 is 0 Å². The number of hydrogen-bond donors (Lipinski definition) is 0. The van der Waals surface area contributed by atoms with Crippen LogP contribution in [0.1, 0.15) is 29.2 Å². The maximum absolute atomic E-state index is 2.13. The average molecular weight is 260 g/mol. The standard InChI is InChI=1S/C3H5.3CH4.Sn.V.H/c1-3-2;;;;;;/h1,3H,2H3;3*1H4;;;. The zero-order chi connectivity index (χ0) is 3.41. The predicted molar refractivity (Wildman–Crippen MR) is 42.2 cm³/mol. The molecule has 0 fully saturated rings. The summed E-state index contributed by atoms with van der Waals surface area (Å²) in [6, 6.07) is 0. The van der Waals surface area contributed by atoms with E-state index in [1.165, 1.54) is 22.5 Å². The van der Waals surface area contributed by atoms with Gasteiger partial charge >= 0.3 is 39.6 Å². The second kappa shape index (κ2) is 42.3. The van der Waals surface area contributed by atoms with E-state index < -0.39 is 0 Å². The van der Waals surface area contributed by atoms with Crippen LogP contribution in [0, 0.1) is 0 Å². The second-order valence-corrected chi connectivity index (χ2v) is 1.62. The Morgan fingerprint density at radius 3 is 1.25 bits per heavy atom. The Morgan fingerprint density at radius 2 is 1.25 bits per heavy atom. The SMILES string of the molecule is C.C.C.C/C=[CH]/[SnH].[V]. The van der Waals surface area contributed by atoms with Crippen molar-refractivity contribution in [3.05, 3.63) is 10.2 Å². The van der Waals surface area contributed by atoms with E-state index in [2.05, 4.69) is 10.2 Å². The van der Waals surface area contributed by atoms with Gasteiger partial charge in [-0.3, -0.25) is 0 Å². The van der Waals surface area contributed by atoms with Gasteiger partial charge in [-0.25, -0.2) is 0 Å². The summed E-state index contributed by atoms with van der Waals surface area (Å²) in [4.78, 5) is 0. The minimum Gasteiger partial charge on any atom is 0 e. The van der Waals surface area contributed by atoms with Crippen LogP contribution in [0.3, 0.4) is 0 Å². The predicted octanol–water partition coefficient (Wildman–Crippen LogP) is 2.33. The molecule has 0 aromatic heterocycles. The minimum atomic E-state index is 0. The quantitative estimate of drug-likeness (QED) is 0.586. The van der Waals surface area contributed by atoms with Crippen molar-refractivity contribution >= 4 is 22.5 Å². The molecule has 0 nitrogen and oxygen atoms in total. The van der Waals surface area contributed by atoms with Crippen molar-refractivity contribution in [2.45, 2.75) is 29.2 Å². The Kier molecular flexibility index (Phi) is 187. The summed E-state index contributed by atoms with van der Waals surface area (Å²) in [7, 11) is 0. The molecule has 51 valence electrons. The van der Waals surface area contributed by atoms with Crippen LogP contribution in [-0.4, -0.2) is 22.5 Å². The van der Waals surface area contributed by atoms with Gasteiger partial charge in [0.2, 0.25) is 0 Å². The van der Waals surface area contributed by atoms with Crippen LogP contribution in [-0.2, 0) is 18.6 Å². The van der Waals surface area contributed by atoms with Crippen molar-refractivity contribution in [3.8, 4) is 0 Å². The number of allylic oxidation sites excluding steroid dienone is 1. The topological polar surface area (TPSA) is 0 Å². The van der Waals surface area contributed by atoms with Crippen molar-refractivity contribution in [1.82, 2.24) is 0 Å². The van der Waals surface area contributed by atoms with Crippen molar-refractivity contribution in [2.75, 3.05) is 0 Å². The Morgan fingerprint density at radius 1 is 1.12 bits per heavy atom. The largest absolute Gasteiger partial charge is 0 e. The third-order valence-corrected chi connectivity index (χ3v) is 1.29. The monoisotopic (exact) mass is 261 g/mol. The molecule has 8 heavy (non-hydrogen) atoms. The van der Waals surface area contributed by atoms with Crippen molar-refractivity contribution in [1.29, 1.82) is 0 Å². The van der Waals surface area contributed by atoms with Crippen LogP contribution in [0.25, 0.3) is 0 Å². The molecular weight excluding hydrogens is 242 g/mol. The molecule has 0 unspecified atom stereocenters.